The molecule has 4 atom stereocenters. The van der Waals surface area contributed by atoms with Crippen molar-refractivity contribution in [3.05, 3.63) is 53.9 Å². The van der Waals surface area contributed by atoms with E-state index >= 15 is 0 Å². The SMILES string of the molecule is O=C(Nc1ccc2c(c1)[C@@H]1C[C@H](CC(=O)N3CCOCC3)O[C@H](CO)[C@@H]1O2)c1cccnc1. The molecule has 1 aromatic heterocycles. The van der Waals surface area contributed by atoms with Gasteiger partial charge >= 0.3 is 0 Å². The molecule has 0 unspecified atom stereocenters. The Morgan fingerprint density at radius 1 is 1.21 bits per heavy atom. The van der Waals surface area contributed by atoms with E-state index in [1.54, 1.807) is 29.3 Å². The molecule has 2 saturated heterocycles. The quantitative estimate of drug-likeness (QED) is 0.707. The van der Waals surface area contributed by atoms with E-state index in [4.69, 9.17) is 14.2 Å². The number of nitrogens with one attached hydrogen (secondary N) is 1. The fraction of sp³-hybridized carbons (Fsp3) is 0.458. The van der Waals surface area contributed by atoms with Crippen molar-refractivity contribution in [3.8, 4) is 5.75 Å². The number of carbonyl (C=O) groups is 2. The van der Waals surface area contributed by atoms with Crippen LogP contribution in [0.3, 0.4) is 0 Å². The predicted molar refractivity (Wildman–Crippen MR) is 118 cm³/mol. The van der Waals surface area contributed by atoms with Gasteiger partial charge in [0.15, 0.2) is 0 Å². The summed E-state index contributed by atoms with van der Waals surface area (Å²) in [6.07, 6.45) is 2.82. The van der Waals surface area contributed by atoms with E-state index in [-0.39, 0.29) is 43.0 Å². The number of nitrogens with zero attached hydrogens (tertiary/aromatic N) is 2. The maximum absolute atomic E-state index is 12.8. The van der Waals surface area contributed by atoms with Crippen LogP contribution in [0.5, 0.6) is 5.75 Å². The number of aliphatic hydroxyl groups excluding tert-OH is 1. The highest BCUT2D eigenvalue weighted by molar-refractivity contribution is 6.04. The Labute approximate surface area is 191 Å². The molecule has 2 aromatic rings. The fourth-order valence-electron chi connectivity index (χ4n) is 4.80. The molecular weight excluding hydrogens is 426 g/mol. The highest BCUT2D eigenvalue weighted by atomic mass is 16.6. The van der Waals surface area contributed by atoms with Crippen molar-refractivity contribution in [3.63, 3.8) is 0 Å². The zero-order chi connectivity index (χ0) is 22.8. The number of morpholine rings is 1. The molecule has 0 spiro atoms. The number of rotatable bonds is 5. The Morgan fingerprint density at radius 2 is 2.06 bits per heavy atom. The summed E-state index contributed by atoms with van der Waals surface area (Å²) in [5.74, 6) is 0.470. The lowest BCUT2D eigenvalue weighted by Gasteiger charge is -2.38. The van der Waals surface area contributed by atoms with Gasteiger partial charge in [0.05, 0.1) is 37.9 Å². The van der Waals surface area contributed by atoms with Crippen molar-refractivity contribution >= 4 is 17.5 Å². The van der Waals surface area contributed by atoms with E-state index in [0.717, 1.165) is 5.56 Å². The number of hydrogen-bond acceptors (Lipinski definition) is 7. The normalized spacial score (nSPS) is 26.2. The van der Waals surface area contributed by atoms with E-state index in [1.165, 1.54) is 6.20 Å². The van der Waals surface area contributed by atoms with Crippen LogP contribution >= 0.6 is 0 Å². The Balaban J connectivity index is 1.31. The van der Waals surface area contributed by atoms with Crippen LogP contribution in [-0.4, -0.2) is 78.0 Å². The molecule has 2 amide bonds. The lowest BCUT2D eigenvalue weighted by atomic mass is 9.84. The van der Waals surface area contributed by atoms with Gasteiger partial charge in [-0.05, 0) is 36.8 Å². The van der Waals surface area contributed by atoms with Crippen LogP contribution in [0.1, 0.15) is 34.7 Å². The summed E-state index contributed by atoms with van der Waals surface area (Å²) in [6.45, 7) is 2.09. The molecule has 0 bridgehead atoms. The molecule has 9 nitrogen and oxygen atoms in total. The van der Waals surface area contributed by atoms with Crippen LogP contribution in [0.25, 0.3) is 0 Å². The number of aliphatic hydroxyl groups is 1. The van der Waals surface area contributed by atoms with Gasteiger partial charge in [0, 0.05) is 42.7 Å². The molecule has 4 heterocycles. The zero-order valence-electron chi connectivity index (χ0n) is 18.2. The minimum absolute atomic E-state index is 0.0371. The molecule has 3 aliphatic rings. The van der Waals surface area contributed by atoms with Crippen LogP contribution < -0.4 is 10.1 Å². The first-order chi connectivity index (χ1) is 16.1. The van der Waals surface area contributed by atoms with Gasteiger partial charge in [-0.3, -0.25) is 14.6 Å². The Morgan fingerprint density at radius 3 is 2.82 bits per heavy atom. The van der Waals surface area contributed by atoms with E-state index in [1.807, 2.05) is 12.1 Å². The van der Waals surface area contributed by atoms with Gasteiger partial charge in [-0.1, -0.05) is 0 Å². The molecular formula is C24H27N3O6. The van der Waals surface area contributed by atoms with E-state index in [0.29, 0.717) is 49.7 Å². The second kappa shape index (κ2) is 9.46. The first kappa shape index (κ1) is 21.8. The molecule has 2 N–H and O–H groups in total. The van der Waals surface area contributed by atoms with E-state index in [2.05, 4.69) is 10.3 Å². The van der Waals surface area contributed by atoms with Crippen LogP contribution in [0, 0.1) is 0 Å². The maximum atomic E-state index is 12.8. The van der Waals surface area contributed by atoms with Gasteiger partial charge in [-0.15, -0.1) is 0 Å². The number of carbonyl (C=O) groups excluding carboxylic acids is 2. The first-order valence-electron chi connectivity index (χ1n) is 11.3. The number of benzene rings is 1. The Hall–Kier alpha value is -3.01. The van der Waals surface area contributed by atoms with E-state index < -0.39 is 6.10 Å². The van der Waals surface area contributed by atoms with Crippen LogP contribution in [0.2, 0.25) is 0 Å². The lowest BCUT2D eigenvalue weighted by Crippen LogP contribution is -2.48. The summed E-state index contributed by atoms with van der Waals surface area (Å²) in [5, 5.41) is 12.8. The van der Waals surface area contributed by atoms with Crippen molar-refractivity contribution in [2.24, 2.45) is 0 Å². The monoisotopic (exact) mass is 453 g/mol. The standard InChI is InChI=1S/C24H27N3O6/c28-14-21-23-19(11-17(32-21)12-22(29)27-6-8-31-9-7-27)18-10-16(3-4-20(18)33-23)26-24(30)15-2-1-5-25-13-15/h1-5,10,13,17,19,21,23,28H,6-9,11-12,14H2,(H,26,30)/t17-,19+,21-,23-/m1/s1. The Bertz CT molecular complexity index is 1010. The zero-order valence-corrected chi connectivity index (χ0v) is 18.2. The average molecular weight is 453 g/mol. The van der Waals surface area contributed by atoms with Crippen molar-refractivity contribution in [2.45, 2.75) is 37.1 Å². The topological polar surface area (TPSA) is 110 Å². The van der Waals surface area contributed by atoms with Crippen molar-refractivity contribution < 1.29 is 28.9 Å². The highest BCUT2D eigenvalue weighted by Crippen LogP contribution is 2.47. The molecule has 5 rings (SSSR count). The second-order valence-electron chi connectivity index (χ2n) is 8.55. The van der Waals surface area contributed by atoms with Gasteiger partial charge in [0.1, 0.15) is 18.0 Å². The number of aromatic nitrogens is 1. The second-order valence-corrected chi connectivity index (χ2v) is 8.55. The van der Waals surface area contributed by atoms with Gasteiger partial charge in [-0.25, -0.2) is 0 Å². The molecule has 174 valence electrons. The highest BCUT2D eigenvalue weighted by Gasteiger charge is 2.46. The molecule has 0 aliphatic carbocycles. The maximum Gasteiger partial charge on any atom is 0.257 e. The number of pyridine rings is 1. The minimum atomic E-state index is -0.521. The van der Waals surface area contributed by atoms with Crippen molar-refractivity contribution in [1.29, 1.82) is 0 Å². The number of ether oxygens (including phenoxy) is 3. The molecule has 33 heavy (non-hydrogen) atoms. The summed E-state index contributed by atoms with van der Waals surface area (Å²) in [5.41, 5.74) is 2.08. The van der Waals surface area contributed by atoms with Gasteiger partial charge in [-0.2, -0.15) is 0 Å². The number of amides is 2. The predicted octanol–water partition coefficient (Wildman–Crippen LogP) is 1.58. The summed E-state index contributed by atoms with van der Waals surface area (Å²) in [4.78, 5) is 31.1. The fourth-order valence-corrected chi connectivity index (χ4v) is 4.80. The average Bonchev–Trinajstić information content (AvgIpc) is 3.22. The molecule has 1 aromatic carbocycles. The van der Waals surface area contributed by atoms with Gasteiger partial charge in [0.25, 0.3) is 5.91 Å². The summed E-state index contributed by atoms with van der Waals surface area (Å²) < 4.78 is 17.5. The molecule has 3 aliphatic heterocycles. The molecule has 9 heteroatoms. The third-order valence-electron chi connectivity index (χ3n) is 6.45. The van der Waals surface area contributed by atoms with Gasteiger partial charge < -0.3 is 29.5 Å². The number of anilines is 1. The van der Waals surface area contributed by atoms with E-state index in [9.17, 15) is 14.7 Å². The third-order valence-corrected chi connectivity index (χ3v) is 6.45. The number of fused-ring (bicyclic) bond motifs is 3. The summed E-state index contributed by atoms with van der Waals surface area (Å²) in [6, 6.07) is 8.95. The van der Waals surface area contributed by atoms with Gasteiger partial charge in [0.2, 0.25) is 5.91 Å². The smallest absolute Gasteiger partial charge is 0.257 e. The van der Waals surface area contributed by atoms with Crippen LogP contribution in [-0.2, 0) is 14.3 Å². The number of hydrogen-bond donors (Lipinski definition) is 2. The molecule has 0 saturated carbocycles. The lowest BCUT2D eigenvalue weighted by molar-refractivity contribution is -0.151. The molecule has 2 fully saturated rings. The third kappa shape index (κ3) is 4.57. The minimum Gasteiger partial charge on any atom is -0.487 e. The van der Waals surface area contributed by atoms with Crippen LogP contribution in [0.4, 0.5) is 5.69 Å². The van der Waals surface area contributed by atoms with Crippen LogP contribution in [0.15, 0.2) is 42.7 Å². The summed E-state index contributed by atoms with van der Waals surface area (Å²) >= 11 is 0. The largest absolute Gasteiger partial charge is 0.487 e. The summed E-state index contributed by atoms with van der Waals surface area (Å²) in [7, 11) is 0. The Kier molecular flexibility index (Phi) is 6.26. The van der Waals surface area contributed by atoms with Crippen molar-refractivity contribution in [2.75, 3.05) is 38.2 Å². The molecule has 0 radical (unpaired) electrons. The first-order valence-corrected chi connectivity index (χ1v) is 11.3. The van der Waals surface area contributed by atoms with Crippen molar-refractivity contribution in [1.82, 2.24) is 9.88 Å².